The Labute approximate surface area is 127 Å². The number of ketones is 1. The first-order chi connectivity index (χ1) is 10.2. The standard InChI is InChI=1S/C19H23NO/c1-3-4-5-6-7-16-9-12-17(13-10-16)19(21)18-11-8-15(2)20-14-18/h8-14H,3-7H2,1-2H3. The van der Waals surface area contributed by atoms with Crippen LogP contribution in [-0.4, -0.2) is 10.8 Å². The summed E-state index contributed by atoms with van der Waals surface area (Å²) in [5.41, 5.74) is 3.62. The smallest absolute Gasteiger partial charge is 0.194 e. The van der Waals surface area contributed by atoms with E-state index in [2.05, 4.69) is 24.0 Å². The first kappa shape index (κ1) is 15.4. The van der Waals surface area contributed by atoms with E-state index in [0.29, 0.717) is 5.56 Å². The van der Waals surface area contributed by atoms with Crippen molar-refractivity contribution in [3.8, 4) is 0 Å². The van der Waals surface area contributed by atoms with E-state index in [-0.39, 0.29) is 5.78 Å². The fourth-order valence-corrected chi connectivity index (χ4v) is 2.35. The zero-order chi connectivity index (χ0) is 15.1. The molecule has 0 aliphatic heterocycles. The monoisotopic (exact) mass is 281 g/mol. The fourth-order valence-electron chi connectivity index (χ4n) is 2.35. The summed E-state index contributed by atoms with van der Waals surface area (Å²) in [5, 5.41) is 0. The largest absolute Gasteiger partial charge is 0.289 e. The van der Waals surface area contributed by atoms with E-state index < -0.39 is 0 Å². The Morgan fingerprint density at radius 3 is 2.29 bits per heavy atom. The van der Waals surface area contributed by atoms with Gasteiger partial charge in [-0.25, -0.2) is 0 Å². The molecule has 0 aliphatic carbocycles. The summed E-state index contributed by atoms with van der Waals surface area (Å²) < 4.78 is 0. The van der Waals surface area contributed by atoms with Gasteiger partial charge >= 0.3 is 0 Å². The molecule has 0 aliphatic rings. The van der Waals surface area contributed by atoms with Gasteiger partial charge in [-0.05, 0) is 37.5 Å². The normalized spacial score (nSPS) is 10.6. The van der Waals surface area contributed by atoms with Gasteiger partial charge in [0, 0.05) is 23.0 Å². The molecule has 0 saturated heterocycles. The van der Waals surface area contributed by atoms with Crippen LogP contribution < -0.4 is 0 Å². The predicted octanol–water partition coefficient (Wildman–Crippen LogP) is 4.74. The minimum Gasteiger partial charge on any atom is -0.289 e. The average molecular weight is 281 g/mol. The molecule has 0 atom stereocenters. The first-order valence-electron chi connectivity index (χ1n) is 7.77. The number of benzene rings is 1. The molecule has 1 aromatic heterocycles. The molecule has 21 heavy (non-hydrogen) atoms. The number of carbonyl (C=O) groups is 1. The number of aryl methyl sites for hydroxylation is 2. The first-order valence-corrected chi connectivity index (χ1v) is 7.77. The molecule has 0 bridgehead atoms. The van der Waals surface area contributed by atoms with Crippen LogP contribution in [0, 0.1) is 6.92 Å². The van der Waals surface area contributed by atoms with Gasteiger partial charge in [0.15, 0.2) is 5.78 Å². The second-order valence-electron chi connectivity index (χ2n) is 5.52. The molecule has 110 valence electrons. The van der Waals surface area contributed by atoms with Crippen molar-refractivity contribution in [2.24, 2.45) is 0 Å². The summed E-state index contributed by atoms with van der Waals surface area (Å²) in [6.45, 7) is 4.14. The number of hydrogen-bond donors (Lipinski definition) is 0. The van der Waals surface area contributed by atoms with Crippen molar-refractivity contribution in [2.45, 2.75) is 46.0 Å². The predicted molar refractivity (Wildman–Crippen MR) is 86.7 cm³/mol. The zero-order valence-corrected chi connectivity index (χ0v) is 12.9. The Bertz CT molecular complexity index is 570. The number of nitrogens with zero attached hydrogens (tertiary/aromatic N) is 1. The van der Waals surface area contributed by atoms with Crippen LogP contribution in [0.5, 0.6) is 0 Å². The quantitative estimate of drug-likeness (QED) is 0.542. The molecule has 2 rings (SSSR count). The number of aromatic nitrogens is 1. The summed E-state index contributed by atoms with van der Waals surface area (Å²) in [6.07, 6.45) is 7.82. The summed E-state index contributed by atoms with van der Waals surface area (Å²) in [6, 6.07) is 11.7. The minimum absolute atomic E-state index is 0.0417. The maximum Gasteiger partial charge on any atom is 0.194 e. The third-order valence-corrected chi connectivity index (χ3v) is 3.71. The molecular weight excluding hydrogens is 258 g/mol. The molecule has 0 spiro atoms. The van der Waals surface area contributed by atoms with Crippen LogP contribution in [0.25, 0.3) is 0 Å². The number of hydrogen-bond acceptors (Lipinski definition) is 2. The van der Waals surface area contributed by atoms with Crippen LogP contribution in [0.2, 0.25) is 0 Å². The molecule has 2 nitrogen and oxygen atoms in total. The van der Waals surface area contributed by atoms with Crippen molar-refractivity contribution in [2.75, 3.05) is 0 Å². The molecular formula is C19H23NO. The highest BCUT2D eigenvalue weighted by atomic mass is 16.1. The molecule has 0 radical (unpaired) electrons. The third kappa shape index (κ3) is 4.52. The van der Waals surface area contributed by atoms with Gasteiger partial charge in [0.25, 0.3) is 0 Å². The average Bonchev–Trinajstić information content (AvgIpc) is 2.52. The van der Waals surface area contributed by atoms with Gasteiger partial charge in [0.1, 0.15) is 0 Å². The lowest BCUT2D eigenvalue weighted by molar-refractivity contribution is 0.103. The van der Waals surface area contributed by atoms with Crippen molar-refractivity contribution < 1.29 is 4.79 Å². The van der Waals surface area contributed by atoms with Crippen molar-refractivity contribution in [3.05, 3.63) is 65.0 Å². The Morgan fingerprint density at radius 1 is 0.952 bits per heavy atom. The molecule has 0 N–H and O–H groups in total. The number of pyridine rings is 1. The van der Waals surface area contributed by atoms with Crippen molar-refractivity contribution >= 4 is 5.78 Å². The molecule has 1 aromatic carbocycles. The highest BCUT2D eigenvalue weighted by molar-refractivity contribution is 6.08. The van der Waals surface area contributed by atoms with Gasteiger partial charge < -0.3 is 0 Å². The summed E-state index contributed by atoms with van der Waals surface area (Å²) in [5.74, 6) is 0.0417. The highest BCUT2D eigenvalue weighted by Crippen LogP contribution is 2.13. The molecule has 0 unspecified atom stereocenters. The molecule has 0 fully saturated rings. The van der Waals surface area contributed by atoms with Gasteiger partial charge in [0.05, 0.1) is 0 Å². The van der Waals surface area contributed by atoms with E-state index in [4.69, 9.17) is 0 Å². The van der Waals surface area contributed by atoms with E-state index in [9.17, 15) is 4.79 Å². The van der Waals surface area contributed by atoms with E-state index in [1.807, 2.05) is 31.2 Å². The van der Waals surface area contributed by atoms with Crippen molar-refractivity contribution in [3.63, 3.8) is 0 Å². The molecule has 2 aromatic rings. The number of unbranched alkanes of at least 4 members (excludes halogenated alkanes) is 3. The fraction of sp³-hybridized carbons (Fsp3) is 0.368. The van der Waals surface area contributed by atoms with Gasteiger partial charge in [0.2, 0.25) is 0 Å². The lowest BCUT2D eigenvalue weighted by Gasteiger charge is -2.04. The van der Waals surface area contributed by atoms with E-state index in [1.165, 1.54) is 31.2 Å². The number of rotatable bonds is 7. The summed E-state index contributed by atoms with van der Waals surface area (Å²) in [7, 11) is 0. The van der Waals surface area contributed by atoms with Crippen LogP contribution in [0.1, 0.15) is 59.8 Å². The Kier molecular flexibility index (Phi) is 5.68. The highest BCUT2D eigenvalue weighted by Gasteiger charge is 2.09. The molecule has 0 amide bonds. The van der Waals surface area contributed by atoms with E-state index in [0.717, 1.165) is 17.7 Å². The summed E-state index contributed by atoms with van der Waals surface area (Å²) in [4.78, 5) is 16.5. The summed E-state index contributed by atoms with van der Waals surface area (Å²) >= 11 is 0. The van der Waals surface area contributed by atoms with Crippen LogP contribution in [-0.2, 0) is 6.42 Å². The van der Waals surface area contributed by atoms with Crippen LogP contribution in [0.15, 0.2) is 42.6 Å². The Hall–Kier alpha value is -1.96. The number of carbonyl (C=O) groups excluding carboxylic acids is 1. The molecule has 2 heteroatoms. The topological polar surface area (TPSA) is 30.0 Å². The maximum atomic E-state index is 12.3. The third-order valence-electron chi connectivity index (χ3n) is 3.71. The van der Waals surface area contributed by atoms with Crippen molar-refractivity contribution in [1.82, 2.24) is 4.98 Å². The zero-order valence-electron chi connectivity index (χ0n) is 12.9. The SMILES string of the molecule is CCCCCCc1ccc(C(=O)c2ccc(C)nc2)cc1. The van der Waals surface area contributed by atoms with Crippen LogP contribution in [0.3, 0.4) is 0 Å². The van der Waals surface area contributed by atoms with Gasteiger partial charge in [-0.1, -0.05) is 50.5 Å². The second kappa shape index (κ2) is 7.72. The lowest BCUT2D eigenvalue weighted by atomic mass is 10.0. The molecule has 0 saturated carbocycles. The van der Waals surface area contributed by atoms with Gasteiger partial charge in [-0.3, -0.25) is 9.78 Å². The maximum absolute atomic E-state index is 12.3. The lowest BCUT2D eigenvalue weighted by Crippen LogP contribution is -2.02. The van der Waals surface area contributed by atoms with Crippen LogP contribution >= 0.6 is 0 Å². The minimum atomic E-state index is 0.0417. The van der Waals surface area contributed by atoms with Gasteiger partial charge in [-0.2, -0.15) is 0 Å². The van der Waals surface area contributed by atoms with Crippen LogP contribution in [0.4, 0.5) is 0 Å². The van der Waals surface area contributed by atoms with E-state index >= 15 is 0 Å². The van der Waals surface area contributed by atoms with Crippen molar-refractivity contribution in [1.29, 1.82) is 0 Å². The molecule has 1 heterocycles. The Morgan fingerprint density at radius 2 is 1.67 bits per heavy atom. The Balaban J connectivity index is 1.98. The van der Waals surface area contributed by atoms with E-state index in [1.54, 1.807) is 6.20 Å². The second-order valence-corrected chi connectivity index (χ2v) is 5.52. The van der Waals surface area contributed by atoms with Gasteiger partial charge in [-0.15, -0.1) is 0 Å².